The second-order valence-electron chi connectivity index (χ2n) is 13.0. The normalized spacial score (nSPS) is 18.7. The van der Waals surface area contributed by atoms with Crippen LogP contribution in [-0.2, 0) is 36.8 Å². The third kappa shape index (κ3) is 10.4. The Bertz CT molecular complexity index is 1160. The summed E-state index contributed by atoms with van der Waals surface area (Å²) in [4.78, 5) is 43.5. The van der Waals surface area contributed by atoms with E-state index >= 15 is 0 Å². The summed E-state index contributed by atoms with van der Waals surface area (Å²) in [6.07, 6.45) is 2.88. The van der Waals surface area contributed by atoms with Gasteiger partial charge in [-0.3, -0.25) is 19.4 Å². The van der Waals surface area contributed by atoms with Crippen LogP contribution in [0.25, 0.3) is 0 Å². The summed E-state index contributed by atoms with van der Waals surface area (Å²) in [6.45, 7) is 12.1. The van der Waals surface area contributed by atoms with Crippen molar-refractivity contribution in [3.8, 4) is 0 Å². The number of hydrogen-bond donors (Lipinski definition) is 0. The van der Waals surface area contributed by atoms with Gasteiger partial charge < -0.3 is 14.2 Å². The minimum absolute atomic E-state index is 0.148. The standard InChI is InChI=1S/C35H50N2O6/c1-25(2)21-31(33(39)42-23-28-18-12-9-13-19-28)36-24-37(34(40)43-35(4,5)6)30(22-27-16-10-8-11-17-27)29(36)20-14-15-26(3)32(38)41-7/h8-13,16-19,25-26,29-31H,14-15,20-24H2,1-7H3/t26-,29-,30+,31+/m1/s1. The maximum Gasteiger partial charge on any atom is 0.411 e. The van der Waals surface area contributed by atoms with Crippen molar-refractivity contribution in [1.29, 1.82) is 0 Å². The average molecular weight is 595 g/mol. The minimum atomic E-state index is -0.667. The molecular formula is C35H50N2O6. The highest BCUT2D eigenvalue weighted by Crippen LogP contribution is 2.33. The summed E-state index contributed by atoms with van der Waals surface area (Å²) in [6, 6.07) is 18.8. The molecule has 1 saturated heterocycles. The number of amides is 1. The number of benzene rings is 2. The molecule has 1 fully saturated rings. The SMILES string of the molecule is COC(=O)[C@H](C)CCC[C@@H]1[C@H](Cc2ccccc2)N(C(=O)OC(C)(C)C)CN1[C@@H](CC(C)C)C(=O)OCc1ccccc1. The fraction of sp³-hybridized carbons (Fsp3) is 0.571. The predicted molar refractivity (Wildman–Crippen MR) is 167 cm³/mol. The first-order valence-electron chi connectivity index (χ1n) is 15.5. The monoisotopic (exact) mass is 594 g/mol. The van der Waals surface area contributed by atoms with Crippen LogP contribution in [0.1, 0.15) is 78.4 Å². The van der Waals surface area contributed by atoms with Gasteiger partial charge in [0.05, 0.1) is 25.7 Å². The zero-order valence-corrected chi connectivity index (χ0v) is 27.0. The molecule has 236 valence electrons. The summed E-state index contributed by atoms with van der Waals surface area (Å²) in [5.41, 5.74) is 1.35. The molecule has 0 N–H and O–H groups in total. The second kappa shape index (κ2) is 15.9. The van der Waals surface area contributed by atoms with Crippen LogP contribution in [0.2, 0.25) is 0 Å². The fourth-order valence-electron chi connectivity index (χ4n) is 5.71. The van der Waals surface area contributed by atoms with Crippen LogP contribution >= 0.6 is 0 Å². The van der Waals surface area contributed by atoms with E-state index in [9.17, 15) is 14.4 Å². The third-order valence-corrected chi connectivity index (χ3v) is 7.83. The third-order valence-electron chi connectivity index (χ3n) is 7.83. The molecule has 0 unspecified atom stereocenters. The van der Waals surface area contributed by atoms with Crippen LogP contribution in [0.5, 0.6) is 0 Å². The molecule has 0 saturated carbocycles. The first kappa shape index (κ1) is 34.1. The van der Waals surface area contributed by atoms with Crippen LogP contribution in [0.15, 0.2) is 60.7 Å². The van der Waals surface area contributed by atoms with Crippen molar-refractivity contribution >= 4 is 18.0 Å². The van der Waals surface area contributed by atoms with E-state index in [4.69, 9.17) is 14.2 Å². The van der Waals surface area contributed by atoms with Crippen molar-refractivity contribution in [3.05, 3.63) is 71.8 Å². The number of carbonyl (C=O) groups excluding carboxylic acids is 3. The maximum absolute atomic E-state index is 13.8. The fourth-order valence-corrected chi connectivity index (χ4v) is 5.71. The summed E-state index contributed by atoms with van der Waals surface area (Å²) in [5.74, 6) is -0.550. The molecule has 0 spiro atoms. The molecule has 1 aliphatic rings. The zero-order valence-electron chi connectivity index (χ0n) is 27.0. The Kier molecular flexibility index (Phi) is 12.6. The quantitative estimate of drug-likeness (QED) is 0.190. The van der Waals surface area contributed by atoms with Crippen molar-refractivity contribution in [2.45, 2.75) is 104 Å². The van der Waals surface area contributed by atoms with Crippen LogP contribution in [0.4, 0.5) is 4.79 Å². The Balaban J connectivity index is 1.96. The molecule has 0 aliphatic carbocycles. The van der Waals surface area contributed by atoms with Gasteiger partial charge in [-0.15, -0.1) is 0 Å². The van der Waals surface area contributed by atoms with E-state index in [1.54, 1.807) is 4.90 Å². The van der Waals surface area contributed by atoms with Crippen molar-refractivity contribution in [2.75, 3.05) is 13.8 Å². The van der Waals surface area contributed by atoms with Crippen LogP contribution in [0, 0.1) is 11.8 Å². The van der Waals surface area contributed by atoms with Gasteiger partial charge in [-0.25, -0.2) is 4.79 Å². The Morgan fingerprint density at radius 2 is 1.49 bits per heavy atom. The molecule has 2 aromatic carbocycles. The molecule has 4 atom stereocenters. The van der Waals surface area contributed by atoms with Gasteiger partial charge in [0, 0.05) is 6.04 Å². The van der Waals surface area contributed by atoms with Gasteiger partial charge >= 0.3 is 18.0 Å². The molecule has 43 heavy (non-hydrogen) atoms. The first-order valence-corrected chi connectivity index (χ1v) is 15.5. The lowest BCUT2D eigenvalue weighted by Gasteiger charge is -2.33. The number of carbonyl (C=O) groups is 3. The Morgan fingerprint density at radius 1 is 0.884 bits per heavy atom. The van der Waals surface area contributed by atoms with Crippen LogP contribution in [-0.4, -0.2) is 65.3 Å². The number of ether oxygens (including phenoxy) is 3. The molecule has 3 rings (SSSR count). The average Bonchev–Trinajstić information content (AvgIpc) is 3.31. The van der Waals surface area contributed by atoms with Gasteiger partial charge in [-0.05, 0) is 63.5 Å². The Hall–Kier alpha value is -3.39. The molecule has 0 aromatic heterocycles. The van der Waals surface area contributed by atoms with Gasteiger partial charge in [-0.2, -0.15) is 0 Å². The predicted octanol–water partition coefficient (Wildman–Crippen LogP) is 6.61. The van der Waals surface area contributed by atoms with E-state index in [2.05, 4.69) is 30.9 Å². The number of methoxy groups -OCH3 is 1. The molecule has 1 heterocycles. The highest BCUT2D eigenvalue weighted by molar-refractivity contribution is 5.76. The van der Waals surface area contributed by atoms with Gasteiger partial charge in [0.25, 0.3) is 0 Å². The van der Waals surface area contributed by atoms with E-state index in [-0.39, 0.29) is 49.1 Å². The Morgan fingerprint density at radius 3 is 2.05 bits per heavy atom. The highest BCUT2D eigenvalue weighted by atomic mass is 16.6. The summed E-state index contributed by atoms with van der Waals surface area (Å²) >= 11 is 0. The lowest BCUT2D eigenvalue weighted by Crippen LogP contribution is -2.48. The van der Waals surface area contributed by atoms with Crippen LogP contribution < -0.4 is 0 Å². The van der Waals surface area contributed by atoms with Crippen LogP contribution in [0.3, 0.4) is 0 Å². The molecule has 1 aliphatic heterocycles. The van der Waals surface area contributed by atoms with E-state index in [1.807, 2.05) is 76.2 Å². The molecule has 2 aromatic rings. The number of rotatable bonds is 13. The lowest BCUT2D eigenvalue weighted by atomic mass is 9.92. The molecule has 0 radical (unpaired) electrons. The van der Waals surface area contributed by atoms with Gasteiger partial charge in [-0.1, -0.05) is 87.9 Å². The van der Waals surface area contributed by atoms with E-state index in [0.29, 0.717) is 25.7 Å². The van der Waals surface area contributed by atoms with Crippen molar-refractivity contribution < 1.29 is 28.6 Å². The smallest absolute Gasteiger partial charge is 0.411 e. The molecule has 1 amide bonds. The summed E-state index contributed by atoms with van der Waals surface area (Å²) < 4.78 is 16.7. The first-order chi connectivity index (χ1) is 20.4. The Labute approximate surface area is 257 Å². The molecule has 0 bridgehead atoms. The topological polar surface area (TPSA) is 85.4 Å². The van der Waals surface area contributed by atoms with E-state index in [1.165, 1.54) is 7.11 Å². The van der Waals surface area contributed by atoms with Crippen molar-refractivity contribution in [3.63, 3.8) is 0 Å². The number of nitrogens with zero attached hydrogens (tertiary/aromatic N) is 2. The van der Waals surface area contributed by atoms with Gasteiger partial charge in [0.1, 0.15) is 18.2 Å². The summed E-state index contributed by atoms with van der Waals surface area (Å²) in [5, 5.41) is 0. The number of esters is 2. The largest absolute Gasteiger partial charge is 0.469 e. The van der Waals surface area contributed by atoms with Gasteiger partial charge in [0.2, 0.25) is 0 Å². The van der Waals surface area contributed by atoms with Crippen molar-refractivity contribution in [2.24, 2.45) is 11.8 Å². The van der Waals surface area contributed by atoms with E-state index in [0.717, 1.165) is 17.5 Å². The van der Waals surface area contributed by atoms with E-state index < -0.39 is 17.7 Å². The number of hydrogen-bond acceptors (Lipinski definition) is 7. The minimum Gasteiger partial charge on any atom is -0.469 e. The molecule has 8 heteroatoms. The maximum atomic E-state index is 13.8. The summed E-state index contributed by atoms with van der Waals surface area (Å²) in [7, 11) is 1.41. The highest BCUT2D eigenvalue weighted by Gasteiger charge is 2.48. The lowest BCUT2D eigenvalue weighted by molar-refractivity contribution is -0.153. The van der Waals surface area contributed by atoms with Crippen molar-refractivity contribution in [1.82, 2.24) is 9.80 Å². The second-order valence-corrected chi connectivity index (χ2v) is 13.0. The zero-order chi connectivity index (χ0) is 31.6. The van der Waals surface area contributed by atoms with Gasteiger partial charge in [0.15, 0.2) is 0 Å². The molecule has 8 nitrogen and oxygen atoms in total. The molecular weight excluding hydrogens is 544 g/mol.